The van der Waals surface area contributed by atoms with Crippen molar-refractivity contribution >= 4 is 21.9 Å². The van der Waals surface area contributed by atoms with Crippen molar-refractivity contribution in [2.45, 2.75) is 19.4 Å². The summed E-state index contributed by atoms with van der Waals surface area (Å²) in [7, 11) is 4.07. The third-order valence-corrected chi connectivity index (χ3v) is 7.86. The first-order valence-corrected chi connectivity index (χ1v) is 14.6. The van der Waals surface area contributed by atoms with Gasteiger partial charge in [0.25, 0.3) is 0 Å². The number of hydrogen-bond donors (Lipinski definition) is 2. The number of hydrogen-bond acceptors (Lipinski definition) is 7. The summed E-state index contributed by atoms with van der Waals surface area (Å²) in [4.78, 5) is 21.8. The Morgan fingerprint density at radius 2 is 1.79 bits per heavy atom. The molecule has 43 heavy (non-hydrogen) atoms. The fraction of sp³-hybridized carbons (Fsp3) is 0.273. The fourth-order valence-electron chi connectivity index (χ4n) is 5.84. The van der Waals surface area contributed by atoms with Crippen molar-refractivity contribution in [2.75, 3.05) is 40.3 Å². The quantitative estimate of drug-likeness (QED) is 0.221. The number of nitrogens with one attached hydrogen (secondary N) is 2. The van der Waals surface area contributed by atoms with Gasteiger partial charge in [-0.3, -0.25) is 20.0 Å². The van der Waals surface area contributed by atoms with Gasteiger partial charge in [0.15, 0.2) is 0 Å². The van der Waals surface area contributed by atoms with Gasteiger partial charge in [0.05, 0.1) is 28.6 Å². The van der Waals surface area contributed by atoms with Crippen LogP contribution in [-0.2, 0) is 6.54 Å². The molecule has 0 spiro atoms. The van der Waals surface area contributed by atoms with Crippen LogP contribution in [-0.4, -0.2) is 80.3 Å². The maximum Gasteiger partial charge on any atom is 0.135 e. The van der Waals surface area contributed by atoms with E-state index in [1.165, 1.54) is 25.0 Å². The first kappa shape index (κ1) is 27.2. The maximum atomic E-state index is 14.8. The molecule has 5 aromatic heterocycles. The Kier molecular flexibility index (Phi) is 7.30. The summed E-state index contributed by atoms with van der Waals surface area (Å²) in [6.45, 7) is 4.37. The molecule has 6 aromatic rings. The molecular formula is C33H33FN8O. The number of halogens is 1. The summed E-state index contributed by atoms with van der Waals surface area (Å²) in [5.74, 6) is 0.168. The van der Waals surface area contributed by atoms with E-state index in [0.717, 1.165) is 76.2 Å². The summed E-state index contributed by atoms with van der Waals surface area (Å²) in [6.07, 6.45) is 9.70. The van der Waals surface area contributed by atoms with Crippen molar-refractivity contribution < 1.29 is 9.13 Å². The topological polar surface area (TPSA) is 98.9 Å². The number of rotatable bonds is 9. The van der Waals surface area contributed by atoms with Crippen LogP contribution in [0.5, 0.6) is 5.75 Å². The Bertz CT molecular complexity index is 1910. The molecule has 0 saturated carbocycles. The second-order valence-corrected chi connectivity index (χ2v) is 11.4. The van der Waals surface area contributed by atoms with Gasteiger partial charge in [-0.15, -0.1) is 0 Å². The molecule has 6 heterocycles. The molecule has 1 aromatic carbocycles. The Morgan fingerprint density at radius 1 is 0.930 bits per heavy atom. The van der Waals surface area contributed by atoms with Gasteiger partial charge in [-0.2, -0.15) is 5.10 Å². The molecule has 9 nitrogen and oxygen atoms in total. The first-order chi connectivity index (χ1) is 21.0. The van der Waals surface area contributed by atoms with Gasteiger partial charge in [-0.25, -0.2) is 9.37 Å². The van der Waals surface area contributed by atoms with Crippen LogP contribution in [0.2, 0.25) is 0 Å². The zero-order chi connectivity index (χ0) is 29.3. The third-order valence-electron chi connectivity index (χ3n) is 7.86. The summed E-state index contributed by atoms with van der Waals surface area (Å²) < 4.78 is 20.7. The number of H-pyrrole nitrogens is 2. The standard InChI is InChI=1S/C33H33FN8O/c1-41(2)20-21-11-23(17-35-16-21)28-5-6-29-32(38-28)33(40-39-29)30-15-26-27(18-36-19-31(26)37-30)22-12-24(34)14-25(13-22)43-10-9-42-7-3-4-8-42/h5-6,11-19,37H,3-4,7-10,20H2,1-2H3,(H,39,40). The van der Waals surface area contributed by atoms with E-state index in [2.05, 4.69) is 41.0 Å². The molecule has 0 unspecified atom stereocenters. The molecule has 0 bridgehead atoms. The second-order valence-electron chi connectivity index (χ2n) is 11.4. The van der Waals surface area contributed by atoms with Crippen LogP contribution < -0.4 is 4.74 Å². The first-order valence-electron chi connectivity index (χ1n) is 14.6. The highest BCUT2D eigenvalue weighted by molar-refractivity contribution is 6.00. The maximum absolute atomic E-state index is 14.8. The predicted octanol–water partition coefficient (Wildman–Crippen LogP) is 5.91. The van der Waals surface area contributed by atoms with Gasteiger partial charge >= 0.3 is 0 Å². The lowest BCUT2D eigenvalue weighted by Gasteiger charge is -2.15. The predicted molar refractivity (Wildman–Crippen MR) is 166 cm³/mol. The highest BCUT2D eigenvalue weighted by Crippen LogP contribution is 2.35. The highest BCUT2D eigenvalue weighted by Gasteiger charge is 2.17. The van der Waals surface area contributed by atoms with Crippen LogP contribution in [0.15, 0.2) is 67.3 Å². The Morgan fingerprint density at radius 3 is 2.65 bits per heavy atom. The number of likely N-dealkylation sites (tertiary alicyclic amines) is 1. The van der Waals surface area contributed by atoms with Gasteiger partial charge in [0, 0.05) is 54.3 Å². The molecular weight excluding hydrogens is 543 g/mol. The average molecular weight is 577 g/mol. The number of fused-ring (bicyclic) bond motifs is 2. The third kappa shape index (κ3) is 5.71. The van der Waals surface area contributed by atoms with Gasteiger partial charge in [0.2, 0.25) is 0 Å². The van der Waals surface area contributed by atoms with Crippen LogP contribution in [0.3, 0.4) is 0 Å². The molecule has 218 valence electrons. The molecule has 7 rings (SSSR count). The van der Waals surface area contributed by atoms with Crippen molar-refractivity contribution in [3.8, 4) is 39.5 Å². The lowest BCUT2D eigenvalue weighted by atomic mass is 10.0. The van der Waals surface area contributed by atoms with Crippen molar-refractivity contribution in [1.29, 1.82) is 0 Å². The number of aromatic amines is 2. The van der Waals surface area contributed by atoms with Crippen LogP contribution in [0, 0.1) is 5.82 Å². The molecule has 0 amide bonds. The van der Waals surface area contributed by atoms with E-state index in [0.29, 0.717) is 23.6 Å². The van der Waals surface area contributed by atoms with E-state index in [4.69, 9.17) is 9.72 Å². The Labute approximate surface area is 248 Å². The van der Waals surface area contributed by atoms with Gasteiger partial charge < -0.3 is 14.6 Å². The Hall–Kier alpha value is -4.67. The van der Waals surface area contributed by atoms with E-state index >= 15 is 0 Å². The minimum Gasteiger partial charge on any atom is -0.492 e. The van der Waals surface area contributed by atoms with Crippen molar-refractivity contribution in [2.24, 2.45) is 0 Å². The SMILES string of the molecule is CN(C)Cc1cncc(-c2ccc3[nH]nc(-c4cc5c(-c6cc(F)cc(OCCN7CCCC7)c6)cncc5[nH]4)c3n2)c1. The molecule has 1 saturated heterocycles. The van der Waals surface area contributed by atoms with Crippen LogP contribution in [0.4, 0.5) is 4.39 Å². The van der Waals surface area contributed by atoms with Crippen LogP contribution >= 0.6 is 0 Å². The van der Waals surface area contributed by atoms with Crippen LogP contribution in [0.1, 0.15) is 18.4 Å². The average Bonchev–Trinajstić information content (AvgIpc) is 3.76. The van der Waals surface area contributed by atoms with Crippen molar-refractivity contribution in [3.05, 3.63) is 78.6 Å². The Balaban J connectivity index is 1.21. The van der Waals surface area contributed by atoms with E-state index in [1.54, 1.807) is 12.4 Å². The summed E-state index contributed by atoms with van der Waals surface area (Å²) in [5.41, 5.74) is 8.27. The molecule has 1 fully saturated rings. The number of benzene rings is 1. The normalized spacial score (nSPS) is 14.0. The lowest BCUT2D eigenvalue weighted by molar-refractivity contribution is 0.237. The molecule has 0 aliphatic carbocycles. The number of ether oxygens (including phenoxy) is 1. The molecule has 2 N–H and O–H groups in total. The second kappa shape index (κ2) is 11.5. The van der Waals surface area contributed by atoms with E-state index < -0.39 is 0 Å². The number of aromatic nitrogens is 6. The van der Waals surface area contributed by atoms with Gasteiger partial charge in [0.1, 0.15) is 29.4 Å². The minimum absolute atomic E-state index is 0.347. The number of pyridine rings is 3. The molecule has 0 radical (unpaired) electrons. The summed E-state index contributed by atoms with van der Waals surface area (Å²) in [6, 6.07) is 12.9. The molecule has 1 aliphatic heterocycles. The summed E-state index contributed by atoms with van der Waals surface area (Å²) in [5, 5.41) is 8.62. The summed E-state index contributed by atoms with van der Waals surface area (Å²) >= 11 is 0. The largest absolute Gasteiger partial charge is 0.492 e. The molecule has 1 aliphatic rings. The lowest BCUT2D eigenvalue weighted by Crippen LogP contribution is -2.25. The van der Waals surface area contributed by atoms with Gasteiger partial charge in [-0.05, 0) is 87.6 Å². The van der Waals surface area contributed by atoms with Crippen molar-refractivity contribution in [3.63, 3.8) is 0 Å². The minimum atomic E-state index is -0.347. The smallest absolute Gasteiger partial charge is 0.135 e. The van der Waals surface area contributed by atoms with Gasteiger partial charge in [-0.1, -0.05) is 0 Å². The zero-order valence-corrected chi connectivity index (χ0v) is 24.3. The fourth-order valence-corrected chi connectivity index (χ4v) is 5.84. The monoisotopic (exact) mass is 576 g/mol. The van der Waals surface area contributed by atoms with Crippen LogP contribution in [0.25, 0.3) is 55.7 Å². The van der Waals surface area contributed by atoms with E-state index in [-0.39, 0.29) is 5.82 Å². The highest BCUT2D eigenvalue weighted by atomic mass is 19.1. The zero-order valence-electron chi connectivity index (χ0n) is 24.3. The molecule has 0 atom stereocenters. The number of nitrogens with zero attached hydrogens (tertiary/aromatic N) is 6. The van der Waals surface area contributed by atoms with E-state index in [9.17, 15) is 4.39 Å². The van der Waals surface area contributed by atoms with Crippen molar-refractivity contribution in [1.82, 2.24) is 39.9 Å². The van der Waals surface area contributed by atoms with E-state index in [1.807, 2.05) is 50.8 Å². The molecule has 10 heteroatoms.